The number of pyridine rings is 1. The van der Waals surface area contributed by atoms with Gasteiger partial charge in [0.2, 0.25) is 5.88 Å². The summed E-state index contributed by atoms with van der Waals surface area (Å²) in [4.78, 5) is 6.53. The van der Waals surface area contributed by atoms with Crippen molar-refractivity contribution in [2.24, 2.45) is 0 Å². The van der Waals surface area contributed by atoms with E-state index >= 15 is 0 Å². The second-order valence-electron chi connectivity index (χ2n) is 4.83. The number of aromatic nitrogens is 1. The lowest BCUT2D eigenvalue weighted by Crippen LogP contribution is -2.39. The van der Waals surface area contributed by atoms with Gasteiger partial charge in [-0.2, -0.15) is 0 Å². The Kier molecular flexibility index (Phi) is 5.88. The van der Waals surface area contributed by atoms with E-state index in [9.17, 15) is 0 Å². The monoisotopic (exact) mass is 315 g/mol. The zero-order valence-corrected chi connectivity index (χ0v) is 13.1. The minimum Gasteiger partial charge on any atom is -0.475 e. The number of nitrogens with zero attached hydrogens (tertiary/aromatic N) is 2. The number of hydrogen-bond donors (Lipinski definition) is 1. The van der Waals surface area contributed by atoms with E-state index in [-0.39, 0.29) is 0 Å². The van der Waals surface area contributed by atoms with E-state index in [0.717, 1.165) is 11.0 Å². The van der Waals surface area contributed by atoms with Crippen LogP contribution in [0.1, 0.15) is 27.7 Å². The Morgan fingerprint density at radius 3 is 2.44 bits per heavy atom. The van der Waals surface area contributed by atoms with E-state index in [0.29, 0.717) is 30.3 Å². The maximum atomic E-state index is 5.67. The van der Waals surface area contributed by atoms with Crippen molar-refractivity contribution < 1.29 is 4.74 Å². The van der Waals surface area contributed by atoms with Gasteiger partial charge in [-0.3, -0.25) is 4.90 Å². The average Bonchev–Trinajstić information content (AvgIpc) is 2.25. The maximum Gasteiger partial charge on any atom is 0.228 e. The number of rotatable bonds is 6. The van der Waals surface area contributed by atoms with Crippen molar-refractivity contribution >= 4 is 21.6 Å². The first-order chi connectivity index (χ1) is 8.41. The number of ether oxygens (including phenoxy) is 1. The minimum atomic E-state index is 0.511. The molecular formula is C13H22BrN3O. The average molecular weight is 316 g/mol. The highest BCUT2D eigenvalue weighted by Crippen LogP contribution is 2.23. The second kappa shape index (κ2) is 6.95. The molecule has 0 aromatic carbocycles. The molecule has 0 aliphatic heterocycles. The highest BCUT2D eigenvalue weighted by Gasteiger charge is 2.13. The van der Waals surface area contributed by atoms with Crippen molar-refractivity contribution in [3.63, 3.8) is 0 Å². The van der Waals surface area contributed by atoms with Crippen LogP contribution >= 0.6 is 15.9 Å². The summed E-state index contributed by atoms with van der Waals surface area (Å²) in [6.45, 7) is 10.3. The fraction of sp³-hybridized carbons (Fsp3) is 0.615. The minimum absolute atomic E-state index is 0.511. The Labute approximate surface area is 118 Å². The van der Waals surface area contributed by atoms with Crippen LogP contribution in [0.4, 0.5) is 5.69 Å². The molecule has 18 heavy (non-hydrogen) atoms. The Bertz CT molecular complexity index is 374. The Hall–Kier alpha value is -0.810. The summed E-state index contributed by atoms with van der Waals surface area (Å²) in [5, 5.41) is 0. The zero-order valence-electron chi connectivity index (χ0n) is 11.5. The first-order valence-corrected chi connectivity index (χ1v) is 7.00. The summed E-state index contributed by atoms with van der Waals surface area (Å²) in [6, 6.07) is 2.82. The molecule has 2 N–H and O–H groups in total. The summed E-state index contributed by atoms with van der Waals surface area (Å²) in [6.07, 6.45) is 1.60. The van der Waals surface area contributed by atoms with Gasteiger partial charge in [0.15, 0.2) is 0 Å². The summed E-state index contributed by atoms with van der Waals surface area (Å²) < 4.78 is 6.46. The molecular weight excluding hydrogens is 294 g/mol. The lowest BCUT2D eigenvalue weighted by Gasteiger charge is -2.30. The van der Waals surface area contributed by atoms with Gasteiger partial charge in [0, 0.05) is 18.6 Å². The van der Waals surface area contributed by atoms with Crippen LogP contribution in [-0.4, -0.2) is 35.1 Å². The molecule has 0 saturated carbocycles. The van der Waals surface area contributed by atoms with Crippen LogP contribution in [0.2, 0.25) is 0 Å². The molecule has 0 amide bonds. The van der Waals surface area contributed by atoms with E-state index < -0.39 is 0 Å². The summed E-state index contributed by atoms with van der Waals surface area (Å²) in [5.74, 6) is 0.594. The van der Waals surface area contributed by atoms with Crippen molar-refractivity contribution in [2.75, 3.05) is 18.9 Å². The molecule has 0 unspecified atom stereocenters. The van der Waals surface area contributed by atoms with Crippen LogP contribution in [0.25, 0.3) is 0 Å². The van der Waals surface area contributed by atoms with E-state index in [1.54, 1.807) is 12.3 Å². The maximum absolute atomic E-state index is 5.67. The summed E-state index contributed by atoms with van der Waals surface area (Å²) in [7, 11) is 0. The number of anilines is 1. The summed E-state index contributed by atoms with van der Waals surface area (Å²) in [5.41, 5.74) is 6.25. The predicted molar refractivity (Wildman–Crippen MR) is 78.8 cm³/mol. The third kappa shape index (κ3) is 4.46. The molecule has 4 nitrogen and oxygen atoms in total. The van der Waals surface area contributed by atoms with Crippen LogP contribution in [0.15, 0.2) is 16.7 Å². The normalized spacial score (nSPS) is 11.6. The van der Waals surface area contributed by atoms with Crippen molar-refractivity contribution in [2.45, 2.75) is 39.8 Å². The van der Waals surface area contributed by atoms with Gasteiger partial charge in [0.05, 0.1) is 16.4 Å². The van der Waals surface area contributed by atoms with Gasteiger partial charge in [-0.25, -0.2) is 4.98 Å². The number of nitrogen functional groups attached to an aromatic ring is 1. The number of nitrogens with two attached hydrogens (primary N) is 1. The van der Waals surface area contributed by atoms with Gasteiger partial charge in [0.25, 0.3) is 0 Å². The molecule has 1 aromatic rings. The van der Waals surface area contributed by atoms with E-state index in [4.69, 9.17) is 10.5 Å². The quantitative estimate of drug-likeness (QED) is 0.877. The third-order valence-electron chi connectivity index (χ3n) is 2.74. The highest BCUT2D eigenvalue weighted by atomic mass is 79.9. The lowest BCUT2D eigenvalue weighted by molar-refractivity contribution is 0.140. The van der Waals surface area contributed by atoms with Crippen molar-refractivity contribution in [3.8, 4) is 5.88 Å². The Morgan fingerprint density at radius 1 is 1.33 bits per heavy atom. The molecule has 1 aromatic heterocycles. The van der Waals surface area contributed by atoms with Crippen LogP contribution in [-0.2, 0) is 0 Å². The molecule has 0 radical (unpaired) electrons. The molecule has 1 rings (SSSR count). The predicted octanol–water partition coefficient (Wildman–Crippen LogP) is 2.92. The van der Waals surface area contributed by atoms with Crippen LogP contribution in [0, 0.1) is 0 Å². The van der Waals surface area contributed by atoms with Gasteiger partial charge >= 0.3 is 0 Å². The van der Waals surface area contributed by atoms with E-state index in [1.807, 2.05) is 0 Å². The first kappa shape index (κ1) is 15.2. The standard InChI is InChI=1S/C13H22BrN3O/c1-9(2)17(10(3)4)5-6-18-13-12(14)7-11(15)8-16-13/h7-10H,5-6,15H2,1-4H3. The third-order valence-corrected chi connectivity index (χ3v) is 3.31. The van der Waals surface area contributed by atoms with Gasteiger partial charge < -0.3 is 10.5 Å². The lowest BCUT2D eigenvalue weighted by atomic mass is 10.2. The van der Waals surface area contributed by atoms with Crippen LogP contribution in [0.3, 0.4) is 0 Å². The molecule has 0 spiro atoms. The van der Waals surface area contributed by atoms with Gasteiger partial charge in [-0.15, -0.1) is 0 Å². The fourth-order valence-electron chi connectivity index (χ4n) is 1.91. The molecule has 0 saturated heterocycles. The summed E-state index contributed by atoms with van der Waals surface area (Å²) >= 11 is 3.39. The first-order valence-electron chi connectivity index (χ1n) is 6.21. The molecule has 5 heteroatoms. The topological polar surface area (TPSA) is 51.4 Å². The number of halogens is 1. The van der Waals surface area contributed by atoms with Gasteiger partial charge in [-0.05, 0) is 49.7 Å². The van der Waals surface area contributed by atoms with Crippen LogP contribution < -0.4 is 10.5 Å². The van der Waals surface area contributed by atoms with Crippen LogP contribution in [0.5, 0.6) is 5.88 Å². The molecule has 0 aliphatic rings. The van der Waals surface area contributed by atoms with Crippen molar-refractivity contribution in [1.82, 2.24) is 9.88 Å². The van der Waals surface area contributed by atoms with E-state index in [2.05, 4.69) is 53.5 Å². The van der Waals surface area contributed by atoms with Gasteiger partial charge in [0.1, 0.15) is 6.61 Å². The van der Waals surface area contributed by atoms with Gasteiger partial charge in [-0.1, -0.05) is 0 Å². The Morgan fingerprint density at radius 2 is 1.94 bits per heavy atom. The zero-order chi connectivity index (χ0) is 13.7. The largest absolute Gasteiger partial charge is 0.475 e. The molecule has 102 valence electrons. The molecule has 0 bridgehead atoms. The second-order valence-corrected chi connectivity index (χ2v) is 5.68. The molecule has 0 atom stereocenters. The van der Waals surface area contributed by atoms with Crippen molar-refractivity contribution in [3.05, 3.63) is 16.7 Å². The number of hydrogen-bond acceptors (Lipinski definition) is 4. The molecule has 1 heterocycles. The Balaban J connectivity index is 2.50. The molecule has 0 fully saturated rings. The fourth-order valence-corrected chi connectivity index (χ4v) is 2.39. The van der Waals surface area contributed by atoms with E-state index in [1.165, 1.54) is 0 Å². The molecule has 0 aliphatic carbocycles. The SMILES string of the molecule is CC(C)N(CCOc1ncc(N)cc1Br)C(C)C. The highest BCUT2D eigenvalue weighted by molar-refractivity contribution is 9.10. The smallest absolute Gasteiger partial charge is 0.228 e. The van der Waals surface area contributed by atoms with Crippen molar-refractivity contribution in [1.29, 1.82) is 0 Å².